The number of aryl methyl sites for hydroxylation is 3. The number of rotatable bonds is 2. The van der Waals surface area contributed by atoms with Crippen molar-refractivity contribution in [2.45, 2.75) is 27.2 Å². The van der Waals surface area contributed by atoms with Gasteiger partial charge in [-0.15, -0.1) is 0 Å². The summed E-state index contributed by atoms with van der Waals surface area (Å²) in [4.78, 5) is 25.8. The molecule has 0 amide bonds. The molecule has 1 aromatic heterocycles. The van der Waals surface area contributed by atoms with E-state index in [1.807, 2.05) is 32.9 Å². The molecule has 2 rings (SSSR count). The van der Waals surface area contributed by atoms with Gasteiger partial charge in [0.05, 0.1) is 5.52 Å². The first kappa shape index (κ1) is 12.4. The van der Waals surface area contributed by atoms with Gasteiger partial charge in [-0.05, 0) is 37.0 Å². The van der Waals surface area contributed by atoms with Crippen LogP contribution in [-0.4, -0.2) is 16.1 Å². The minimum absolute atomic E-state index is 0.140. The van der Waals surface area contributed by atoms with Crippen molar-refractivity contribution in [3.05, 3.63) is 44.7 Å². The molecular formula is C14H15NO3. The molecule has 94 valence electrons. The molecule has 1 aromatic carbocycles. The van der Waals surface area contributed by atoms with Crippen molar-refractivity contribution in [2.75, 3.05) is 0 Å². The Morgan fingerprint density at radius 1 is 1.28 bits per heavy atom. The fourth-order valence-electron chi connectivity index (χ4n) is 2.38. The van der Waals surface area contributed by atoms with Crippen LogP contribution in [0.15, 0.2) is 16.9 Å². The van der Waals surface area contributed by atoms with Crippen LogP contribution in [0.3, 0.4) is 0 Å². The number of fused-ring (bicyclic) bond motifs is 1. The quantitative estimate of drug-likeness (QED) is 0.853. The molecule has 2 aromatic rings. The Labute approximate surface area is 104 Å². The van der Waals surface area contributed by atoms with Gasteiger partial charge in [0, 0.05) is 5.39 Å². The Morgan fingerprint density at radius 3 is 2.44 bits per heavy atom. The molecule has 0 saturated carbocycles. The second kappa shape index (κ2) is 4.29. The van der Waals surface area contributed by atoms with Gasteiger partial charge in [0.1, 0.15) is 5.56 Å². The molecular weight excluding hydrogens is 230 g/mol. The third-order valence-electron chi connectivity index (χ3n) is 3.26. The Morgan fingerprint density at radius 2 is 1.89 bits per heavy atom. The van der Waals surface area contributed by atoms with Crippen molar-refractivity contribution >= 4 is 16.9 Å². The maximum absolute atomic E-state index is 11.9. The highest BCUT2D eigenvalue weighted by molar-refractivity contribution is 5.97. The summed E-state index contributed by atoms with van der Waals surface area (Å²) in [5.74, 6) is -1.17. The Kier molecular flexibility index (Phi) is 2.95. The molecule has 18 heavy (non-hydrogen) atoms. The van der Waals surface area contributed by atoms with Crippen LogP contribution in [0, 0.1) is 13.8 Å². The van der Waals surface area contributed by atoms with Crippen molar-refractivity contribution in [1.29, 1.82) is 0 Å². The van der Waals surface area contributed by atoms with Gasteiger partial charge < -0.3 is 10.1 Å². The summed E-state index contributed by atoms with van der Waals surface area (Å²) >= 11 is 0. The summed E-state index contributed by atoms with van der Waals surface area (Å²) in [6, 6.07) is 3.87. The number of hydrogen-bond donors (Lipinski definition) is 2. The maximum Gasteiger partial charge on any atom is 0.341 e. The number of carboxylic acid groups (broad SMARTS) is 1. The van der Waals surface area contributed by atoms with E-state index in [9.17, 15) is 14.7 Å². The molecule has 0 bridgehead atoms. The summed E-state index contributed by atoms with van der Waals surface area (Å²) in [7, 11) is 0. The van der Waals surface area contributed by atoms with Crippen LogP contribution in [0.25, 0.3) is 10.9 Å². The fraction of sp³-hybridized carbons (Fsp3) is 0.286. The lowest BCUT2D eigenvalue weighted by Crippen LogP contribution is -2.21. The van der Waals surface area contributed by atoms with E-state index in [2.05, 4.69) is 4.98 Å². The van der Waals surface area contributed by atoms with E-state index in [0.29, 0.717) is 12.0 Å². The average Bonchev–Trinajstić information content (AvgIpc) is 2.32. The third-order valence-corrected chi connectivity index (χ3v) is 3.26. The normalized spacial score (nSPS) is 10.8. The van der Waals surface area contributed by atoms with E-state index in [-0.39, 0.29) is 5.56 Å². The van der Waals surface area contributed by atoms with Crippen molar-refractivity contribution < 1.29 is 9.90 Å². The summed E-state index contributed by atoms with van der Waals surface area (Å²) in [6.07, 6.45) is 0.520. The fourth-order valence-corrected chi connectivity index (χ4v) is 2.38. The largest absolute Gasteiger partial charge is 0.477 e. The standard InChI is InChI=1S/C14H15NO3/c1-4-9-10-7(2)5-6-8(3)12(10)15-13(16)11(9)14(17)18/h5-6H,4H2,1-3H3,(H,15,16)(H,17,18). The van der Waals surface area contributed by atoms with Gasteiger partial charge in [0.15, 0.2) is 0 Å². The van der Waals surface area contributed by atoms with E-state index in [4.69, 9.17) is 0 Å². The third kappa shape index (κ3) is 1.70. The van der Waals surface area contributed by atoms with Crippen LogP contribution in [0.1, 0.15) is 34.0 Å². The minimum atomic E-state index is -1.17. The smallest absolute Gasteiger partial charge is 0.341 e. The molecule has 0 atom stereocenters. The maximum atomic E-state index is 11.9. The summed E-state index contributed by atoms with van der Waals surface area (Å²) < 4.78 is 0. The van der Waals surface area contributed by atoms with Crippen LogP contribution in [0.2, 0.25) is 0 Å². The monoisotopic (exact) mass is 245 g/mol. The molecule has 0 unspecified atom stereocenters. The first-order valence-corrected chi connectivity index (χ1v) is 5.85. The zero-order valence-corrected chi connectivity index (χ0v) is 10.6. The number of nitrogens with one attached hydrogen (secondary N) is 1. The molecule has 0 aliphatic rings. The van der Waals surface area contributed by atoms with Crippen LogP contribution < -0.4 is 5.56 Å². The molecule has 4 heteroatoms. The van der Waals surface area contributed by atoms with Crippen molar-refractivity contribution in [3.8, 4) is 0 Å². The van der Waals surface area contributed by atoms with E-state index >= 15 is 0 Å². The number of pyridine rings is 1. The van der Waals surface area contributed by atoms with Crippen LogP contribution in [0.4, 0.5) is 0 Å². The zero-order chi connectivity index (χ0) is 13.4. The summed E-state index contributed by atoms with van der Waals surface area (Å²) in [5.41, 5.74) is 2.61. The number of H-pyrrole nitrogens is 1. The van der Waals surface area contributed by atoms with Gasteiger partial charge in [-0.2, -0.15) is 0 Å². The Bertz CT molecular complexity index is 698. The lowest BCUT2D eigenvalue weighted by molar-refractivity contribution is 0.0694. The average molecular weight is 245 g/mol. The molecule has 0 spiro atoms. The first-order valence-electron chi connectivity index (χ1n) is 5.85. The van der Waals surface area contributed by atoms with Gasteiger partial charge in [-0.1, -0.05) is 19.1 Å². The van der Waals surface area contributed by atoms with E-state index in [1.54, 1.807) is 0 Å². The molecule has 1 heterocycles. The van der Waals surface area contributed by atoms with Gasteiger partial charge in [-0.25, -0.2) is 4.79 Å². The molecule has 0 aliphatic heterocycles. The van der Waals surface area contributed by atoms with E-state index < -0.39 is 11.5 Å². The molecule has 0 saturated heterocycles. The number of benzene rings is 1. The topological polar surface area (TPSA) is 70.2 Å². The SMILES string of the molecule is CCc1c(C(=O)O)c(=O)[nH]c2c(C)ccc(C)c12. The van der Waals surface area contributed by atoms with Gasteiger partial charge in [0.2, 0.25) is 0 Å². The summed E-state index contributed by atoms with van der Waals surface area (Å²) in [5, 5.41) is 10.0. The van der Waals surface area contributed by atoms with E-state index in [1.165, 1.54) is 0 Å². The van der Waals surface area contributed by atoms with Gasteiger partial charge >= 0.3 is 5.97 Å². The second-order valence-corrected chi connectivity index (χ2v) is 4.42. The summed E-state index contributed by atoms with van der Waals surface area (Å²) in [6.45, 7) is 5.69. The van der Waals surface area contributed by atoms with Crippen molar-refractivity contribution in [3.63, 3.8) is 0 Å². The predicted molar refractivity (Wildman–Crippen MR) is 70.4 cm³/mol. The van der Waals surface area contributed by atoms with Crippen molar-refractivity contribution in [1.82, 2.24) is 4.98 Å². The highest BCUT2D eigenvalue weighted by atomic mass is 16.4. The molecule has 0 fully saturated rings. The number of aromatic amines is 1. The first-order chi connectivity index (χ1) is 8.47. The Balaban J connectivity index is 3.09. The minimum Gasteiger partial charge on any atom is -0.477 e. The lowest BCUT2D eigenvalue weighted by Gasteiger charge is -2.12. The van der Waals surface area contributed by atoms with E-state index in [0.717, 1.165) is 22.0 Å². The number of carboxylic acids is 1. The van der Waals surface area contributed by atoms with Crippen molar-refractivity contribution in [2.24, 2.45) is 0 Å². The Hall–Kier alpha value is -2.10. The van der Waals surface area contributed by atoms with Gasteiger partial charge in [-0.3, -0.25) is 4.79 Å². The number of hydrogen-bond acceptors (Lipinski definition) is 2. The van der Waals surface area contributed by atoms with Crippen LogP contribution in [-0.2, 0) is 6.42 Å². The molecule has 2 N–H and O–H groups in total. The van der Waals surface area contributed by atoms with Crippen LogP contribution in [0.5, 0.6) is 0 Å². The predicted octanol–water partition coefficient (Wildman–Crippen LogP) is 2.41. The number of aromatic carboxylic acids is 1. The number of carbonyl (C=O) groups is 1. The molecule has 0 aliphatic carbocycles. The molecule has 4 nitrogen and oxygen atoms in total. The zero-order valence-electron chi connectivity index (χ0n) is 10.6. The molecule has 0 radical (unpaired) electrons. The second-order valence-electron chi connectivity index (χ2n) is 4.42. The van der Waals surface area contributed by atoms with Crippen LogP contribution >= 0.6 is 0 Å². The number of aromatic nitrogens is 1. The van der Waals surface area contributed by atoms with Gasteiger partial charge in [0.25, 0.3) is 5.56 Å². The lowest BCUT2D eigenvalue weighted by atomic mass is 9.96. The highest BCUT2D eigenvalue weighted by Gasteiger charge is 2.18. The highest BCUT2D eigenvalue weighted by Crippen LogP contribution is 2.25.